The van der Waals surface area contributed by atoms with Gasteiger partial charge in [-0.3, -0.25) is 0 Å². The molecule has 1 aromatic heterocycles. The minimum Gasteiger partial charge on any atom is -0.396 e. The molecule has 4 nitrogen and oxygen atoms in total. The molecule has 5 heteroatoms. The molecule has 0 bridgehead atoms. The third kappa shape index (κ3) is 3.39. The van der Waals surface area contributed by atoms with Gasteiger partial charge in [-0.05, 0) is 32.4 Å². The Labute approximate surface area is 124 Å². The highest BCUT2D eigenvalue weighted by atomic mass is 35.5. The van der Waals surface area contributed by atoms with Gasteiger partial charge in [0.2, 0.25) is 0 Å². The second-order valence-corrected chi connectivity index (χ2v) is 5.25. The average molecular weight is 294 g/mol. The van der Waals surface area contributed by atoms with E-state index in [1.165, 1.54) is 0 Å². The summed E-state index contributed by atoms with van der Waals surface area (Å²) in [6, 6.07) is 10.1. The van der Waals surface area contributed by atoms with E-state index >= 15 is 0 Å². The van der Waals surface area contributed by atoms with Gasteiger partial charge < -0.3 is 10.4 Å². The summed E-state index contributed by atoms with van der Waals surface area (Å²) in [7, 11) is 0. The Kier molecular flexibility index (Phi) is 5.17. The monoisotopic (exact) mass is 293 g/mol. The lowest BCUT2D eigenvalue weighted by Gasteiger charge is -2.12. The van der Waals surface area contributed by atoms with Crippen LogP contribution in [0.2, 0.25) is 5.15 Å². The number of hydrogen-bond donors (Lipinski definition) is 2. The number of aliphatic hydroxyl groups is 1. The van der Waals surface area contributed by atoms with Gasteiger partial charge in [0.05, 0.1) is 11.4 Å². The van der Waals surface area contributed by atoms with Crippen LogP contribution in [0.25, 0.3) is 5.69 Å². The minimum atomic E-state index is 0.185. The van der Waals surface area contributed by atoms with Gasteiger partial charge in [0.1, 0.15) is 5.15 Å². The van der Waals surface area contributed by atoms with Crippen LogP contribution in [-0.2, 0) is 6.54 Å². The number of aliphatic hydroxyl groups excluding tert-OH is 1. The van der Waals surface area contributed by atoms with Crippen molar-refractivity contribution in [2.75, 3.05) is 6.61 Å². The van der Waals surface area contributed by atoms with Crippen LogP contribution in [0.4, 0.5) is 0 Å². The quantitative estimate of drug-likeness (QED) is 0.861. The molecule has 1 atom stereocenters. The Morgan fingerprint density at radius 1 is 1.35 bits per heavy atom. The van der Waals surface area contributed by atoms with Gasteiger partial charge >= 0.3 is 0 Å². The number of para-hydroxylation sites is 1. The molecule has 1 unspecified atom stereocenters. The Morgan fingerprint density at radius 3 is 2.70 bits per heavy atom. The van der Waals surface area contributed by atoms with E-state index in [1.54, 1.807) is 4.68 Å². The summed E-state index contributed by atoms with van der Waals surface area (Å²) in [4.78, 5) is 0. The maximum Gasteiger partial charge on any atom is 0.137 e. The molecule has 20 heavy (non-hydrogen) atoms. The lowest BCUT2D eigenvalue weighted by atomic mass is 10.2. The van der Waals surface area contributed by atoms with Gasteiger partial charge in [0, 0.05) is 24.8 Å². The van der Waals surface area contributed by atoms with Crippen LogP contribution in [0.15, 0.2) is 30.3 Å². The van der Waals surface area contributed by atoms with Crippen molar-refractivity contribution in [3.05, 3.63) is 46.7 Å². The Bertz CT molecular complexity index is 554. The first-order valence-electron chi connectivity index (χ1n) is 6.77. The van der Waals surface area contributed by atoms with Gasteiger partial charge in [-0.25, -0.2) is 4.68 Å². The number of nitrogens with one attached hydrogen (secondary N) is 1. The van der Waals surface area contributed by atoms with Gasteiger partial charge in [0.25, 0.3) is 0 Å². The van der Waals surface area contributed by atoms with Crippen LogP contribution in [0, 0.1) is 6.92 Å². The van der Waals surface area contributed by atoms with Crippen molar-refractivity contribution in [1.29, 1.82) is 0 Å². The molecule has 0 fully saturated rings. The molecule has 0 spiro atoms. The number of benzene rings is 1. The first kappa shape index (κ1) is 15.0. The first-order chi connectivity index (χ1) is 9.63. The number of hydrogen-bond acceptors (Lipinski definition) is 3. The summed E-state index contributed by atoms with van der Waals surface area (Å²) < 4.78 is 1.75. The molecule has 1 heterocycles. The van der Waals surface area contributed by atoms with Crippen molar-refractivity contribution < 1.29 is 5.11 Å². The highest BCUT2D eigenvalue weighted by Crippen LogP contribution is 2.23. The summed E-state index contributed by atoms with van der Waals surface area (Å²) in [5.41, 5.74) is 2.87. The zero-order valence-electron chi connectivity index (χ0n) is 11.8. The smallest absolute Gasteiger partial charge is 0.137 e. The zero-order chi connectivity index (χ0) is 14.5. The molecular weight excluding hydrogens is 274 g/mol. The van der Waals surface area contributed by atoms with Crippen molar-refractivity contribution >= 4 is 11.6 Å². The topological polar surface area (TPSA) is 50.1 Å². The largest absolute Gasteiger partial charge is 0.396 e. The van der Waals surface area contributed by atoms with Crippen molar-refractivity contribution in [2.45, 2.75) is 32.9 Å². The Morgan fingerprint density at radius 2 is 2.05 bits per heavy atom. The van der Waals surface area contributed by atoms with Crippen molar-refractivity contribution in [1.82, 2.24) is 15.1 Å². The third-order valence-corrected chi connectivity index (χ3v) is 3.70. The summed E-state index contributed by atoms with van der Waals surface area (Å²) >= 11 is 6.44. The third-order valence-electron chi connectivity index (χ3n) is 3.31. The lowest BCUT2D eigenvalue weighted by Crippen LogP contribution is -2.26. The number of aromatic nitrogens is 2. The van der Waals surface area contributed by atoms with E-state index in [9.17, 15) is 0 Å². The van der Waals surface area contributed by atoms with Crippen LogP contribution >= 0.6 is 11.6 Å². The Balaban J connectivity index is 2.17. The first-order valence-corrected chi connectivity index (χ1v) is 7.15. The summed E-state index contributed by atoms with van der Waals surface area (Å²) in [5, 5.41) is 17.4. The number of halogens is 1. The summed E-state index contributed by atoms with van der Waals surface area (Å²) in [6.07, 6.45) is 0.726. The molecule has 2 aromatic rings. The van der Waals surface area contributed by atoms with E-state index in [-0.39, 0.29) is 12.6 Å². The Hall–Kier alpha value is -1.36. The minimum absolute atomic E-state index is 0.185. The van der Waals surface area contributed by atoms with Gasteiger partial charge in [0.15, 0.2) is 0 Å². The second-order valence-electron chi connectivity index (χ2n) is 4.90. The molecule has 0 amide bonds. The van der Waals surface area contributed by atoms with E-state index < -0.39 is 0 Å². The molecule has 0 saturated heterocycles. The fourth-order valence-electron chi connectivity index (χ4n) is 2.04. The van der Waals surface area contributed by atoms with Crippen LogP contribution in [0.1, 0.15) is 24.6 Å². The van der Waals surface area contributed by atoms with E-state index in [4.69, 9.17) is 16.7 Å². The molecule has 0 radical (unpaired) electrons. The van der Waals surface area contributed by atoms with Crippen molar-refractivity contribution in [3.8, 4) is 5.69 Å². The highest BCUT2D eigenvalue weighted by molar-refractivity contribution is 6.30. The molecule has 0 aliphatic heterocycles. The molecule has 0 aliphatic carbocycles. The lowest BCUT2D eigenvalue weighted by molar-refractivity contribution is 0.268. The van der Waals surface area contributed by atoms with Crippen molar-refractivity contribution in [2.24, 2.45) is 0 Å². The highest BCUT2D eigenvalue weighted by Gasteiger charge is 2.14. The van der Waals surface area contributed by atoms with Crippen molar-refractivity contribution in [3.63, 3.8) is 0 Å². The van der Waals surface area contributed by atoms with Crippen LogP contribution in [0.5, 0.6) is 0 Å². The maximum absolute atomic E-state index is 8.91. The van der Waals surface area contributed by atoms with Crippen LogP contribution < -0.4 is 5.32 Å². The summed E-state index contributed by atoms with van der Waals surface area (Å²) in [6.45, 7) is 4.84. The number of aryl methyl sites for hydroxylation is 1. The predicted octanol–water partition coefficient (Wildman–Crippen LogP) is 2.69. The van der Waals surface area contributed by atoms with Gasteiger partial charge in [-0.15, -0.1) is 0 Å². The molecule has 2 rings (SSSR count). The normalized spacial score (nSPS) is 12.6. The average Bonchev–Trinajstić information content (AvgIpc) is 2.73. The van der Waals surface area contributed by atoms with Crippen LogP contribution in [-0.4, -0.2) is 27.5 Å². The predicted molar refractivity (Wildman–Crippen MR) is 81.3 cm³/mol. The second kappa shape index (κ2) is 6.88. The molecular formula is C15H20ClN3O. The standard InChI is InChI=1S/C15H20ClN3O/c1-11(8-9-20)17-10-14-12(2)18-19(15(14)16)13-6-4-3-5-7-13/h3-7,11,17,20H,8-10H2,1-2H3. The fourth-order valence-corrected chi connectivity index (χ4v) is 2.38. The zero-order valence-corrected chi connectivity index (χ0v) is 12.6. The fraction of sp³-hybridized carbons (Fsp3) is 0.400. The number of nitrogens with zero attached hydrogens (tertiary/aromatic N) is 2. The SMILES string of the molecule is Cc1nn(-c2ccccc2)c(Cl)c1CNC(C)CCO. The van der Waals surface area contributed by atoms with E-state index in [2.05, 4.69) is 10.4 Å². The van der Waals surface area contributed by atoms with E-state index in [0.717, 1.165) is 23.4 Å². The molecule has 108 valence electrons. The van der Waals surface area contributed by atoms with E-state index in [1.807, 2.05) is 44.2 Å². The van der Waals surface area contributed by atoms with E-state index in [0.29, 0.717) is 11.7 Å². The van der Waals surface area contributed by atoms with Crippen LogP contribution in [0.3, 0.4) is 0 Å². The van der Waals surface area contributed by atoms with Gasteiger partial charge in [-0.1, -0.05) is 29.8 Å². The summed E-state index contributed by atoms with van der Waals surface area (Å²) in [5.74, 6) is 0. The molecule has 2 N–H and O–H groups in total. The number of rotatable bonds is 6. The van der Waals surface area contributed by atoms with Gasteiger partial charge in [-0.2, -0.15) is 5.10 Å². The molecule has 0 saturated carbocycles. The molecule has 1 aromatic carbocycles. The maximum atomic E-state index is 8.91. The molecule has 0 aliphatic rings.